The molecular formula is C9H5BrN4. The molecule has 2 aromatic rings. The highest BCUT2D eigenvalue weighted by Gasteiger charge is 1.96. The van der Waals surface area contributed by atoms with Crippen molar-refractivity contribution >= 4 is 32.5 Å². The van der Waals surface area contributed by atoms with Crippen molar-refractivity contribution in [2.45, 2.75) is 0 Å². The third-order valence-electron chi connectivity index (χ3n) is 1.79. The number of hydrogen-bond acceptors (Lipinski definition) is 2. The molecule has 1 aromatic heterocycles. The number of azide groups is 1. The zero-order chi connectivity index (χ0) is 9.97. The van der Waals surface area contributed by atoms with E-state index in [-0.39, 0.29) is 0 Å². The van der Waals surface area contributed by atoms with Crippen LogP contribution in [0.5, 0.6) is 0 Å². The third kappa shape index (κ3) is 1.69. The van der Waals surface area contributed by atoms with Crippen molar-refractivity contribution in [2.75, 3.05) is 0 Å². The van der Waals surface area contributed by atoms with E-state index >= 15 is 0 Å². The maximum Gasteiger partial charge on any atom is 0.0702 e. The number of pyridine rings is 1. The summed E-state index contributed by atoms with van der Waals surface area (Å²) in [4.78, 5) is 6.86. The van der Waals surface area contributed by atoms with Crippen LogP contribution in [0.1, 0.15) is 0 Å². The Morgan fingerprint density at radius 1 is 1.36 bits per heavy atom. The second kappa shape index (κ2) is 3.65. The Bertz CT molecular complexity index is 531. The molecular weight excluding hydrogens is 244 g/mol. The van der Waals surface area contributed by atoms with E-state index < -0.39 is 0 Å². The fourth-order valence-corrected chi connectivity index (χ4v) is 1.58. The lowest BCUT2D eigenvalue weighted by molar-refractivity contribution is 1.36. The number of nitrogens with zero attached hydrogens (tertiary/aromatic N) is 4. The van der Waals surface area contributed by atoms with E-state index in [4.69, 9.17) is 5.53 Å². The van der Waals surface area contributed by atoms with Crippen molar-refractivity contribution < 1.29 is 0 Å². The molecule has 0 radical (unpaired) electrons. The predicted octanol–water partition coefficient (Wildman–Crippen LogP) is 3.94. The standard InChI is InChI=1S/C9H5BrN4/c10-7-1-2-9-6(3-7)4-8(5-12-9)13-14-11/h1-5H. The van der Waals surface area contributed by atoms with Gasteiger partial charge >= 0.3 is 0 Å². The van der Waals surface area contributed by atoms with E-state index in [9.17, 15) is 0 Å². The van der Waals surface area contributed by atoms with Gasteiger partial charge in [-0.05, 0) is 29.8 Å². The summed E-state index contributed by atoms with van der Waals surface area (Å²) in [6, 6.07) is 7.55. The molecule has 0 bridgehead atoms. The highest BCUT2D eigenvalue weighted by Crippen LogP contribution is 2.22. The van der Waals surface area contributed by atoms with Gasteiger partial charge in [-0.3, -0.25) is 4.98 Å². The van der Waals surface area contributed by atoms with Crippen molar-refractivity contribution in [2.24, 2.45) is 5.11 Å². The first-order valence-electron chi connectivity index (χ1n) is 3.90. The lowest BCUT2D eigenvalue weighted by Crippen LogP contribution is -1.77. The van der Waals surface area contributed by atoms with Gasteiger partial charge < -0.3 is 0 Å². The molecule has 2 rings (SSSR count). The molecule has 0 atom stereocenters. The summed E-state index contributed by atoms with van der Waals surface area (Å²) in [7, 11) is 0. The summed E-state index contributed by atoms with van der Waals surface area (Å²) in [5.74, 6) is 0. The highest BCUT2D eigenvalue weighted by molar-refractivity contribution is 9.10. The first kappa shape index (κ1) is 8.99. The van der Waals surface area contributed by atoms with Crippen LogP contribution in [0.15, 0.2) is 40.0 Å². The summed E-state index contributed by atoms with van der Waals surface area (Å²) < 4.78 is 0.977. The first-order valence-corrected chi connectivity index (χ1v) is 4.69. The lowest BCUT2D eigenvalue weighted by Gasteiger charge is -1.98. The second-order valence-electron chi connectivity index (χ2n) is 2.72. The average Bonchev–Trinajstić information content (AvgIpc) is 2.17. The number of fused-ring (bicyclic) bond motifs is 1. The smallest absolute Gasteiger partial charge is 0.0702 e. The minimum atomic E-state index is 0.526. The number of halogens is 1. The molecule has 5 heteroatoms. The van der Waals surface area contributed by atoms with Crippen molar-refractivity contribution in [3.63, 3.8) is 0 Å². The van der Waals surface area contributed by atoms with Gasteiger partial charge in [0.2, 0.25) is 0 Å². The van der Waals surface area contributed by atoms with Gasteiger partial charge in [-0.2, -0.15) is 0 Å². The highest BCUT2D eigenvalue weighted by atomic mass is 79.9. The molecule has 4 nitrogen and oxygen atoms in total. The molecule has 68 valence electrons. The molecule has 0 saturated heterocycles. The molecule has 0 fully saturated rings. The Morgan fingerprint density at radius 3 is 3.00 bits per heavy atom. The molecule has 14 heavy (non-hydrogen) atoms. The van der Waals surface area contributed by atoms with Crippen LogP contribution in [0.25, 0.3) is 21.3 Å². The number of hydrogen-bond donors (Lipinski definition) is 0. The summed E-state index contributed by atoms with van der Waals surface area (Å²) in [6.45, 7) is 0. The SMILES string of the molecule is [N-]=[N+]=Nc1cnc2ccc(Br)cc2c1. The van der Waals surface area contributed by atoms with E-state index in [1.165, 1.54) is 0 Å². The molecule has 0 aliphatic carbocycles. The Hall–Kier alpha value is -1.58. The topological polar surface area (TPSA) is 61.7 Å². The van der Waals surface area contributed by atoms with Gasteiger partial charge in [0.05, 0.1) is 11.2 Å². The monoisotopic (exact) mass is 248 g/mol. The van der Waals surface area contributed by atoms with Crippen molar-refractivity contribution in [1.82, 2.24) is 4.98 Å². The van der Waals surface area contributed by atoms with Gasteiger partial charge in [0.15, 0.2) is 0 Å². The van der Waals surface area contributed by atoms with Gasteiger partial charge in [0, 0.05) is 21.0 Å². The van der Waals surface area contributed by atoms with Crippen LogP contribution in [-0.4, -0.2) is 4.98 Å². The molecule has 1 heterocycles. The van der Waals surface area contributed by atoms with Crippen LogP contribution in [-0.2, 0) is 0 Å². The molecule has 1 aromatic carbocycles. The summed E-state index contributed by atoms with van der Waals surface area (Å²) >= 11 is 3.36. The normalized spacial score (nSPS) is 9.79. The number of benzene rings is 1. The van der Waals surface area contributed by atoms with Gasteiger partial charge in [0.1, 0.15) is 0 Å². The maximum atomic E-state index is 8.27. The third-order valence-corrected chi connectivity index (χ3v) is 2.28. The van der Waals surface area contributed by atoms with E-state index in [1.54, 1.807) is 12.3 Å². The van der Waals surface area contributed by atoms with Crippen molar-refractivity contribution in [1.29, 1.82) is 0 Å². The molecule has 0 aliphatic rings. The fourth-order valence-electron chi connectivity index (χ4n) is 1.20. The molecule has 0 unspecified atom stereocenters. The summed E-state index contributed by atoms with van der Waals surface area (Å²) in [5, 5.41) is 4.44. The lowest BCUT2D eigenvalue weighted by atomic mass is 10.2. The minimum absolute atomic E-state index is 0.526. The van der Waals surface area contributed by atoms with Crippen LogP contribution in [0.3, 0.4) is 0 Å². The molecule has 0 amide bonds. The second-order valence-corrected chi connectivity index (χ2v) is 3.64. The number of rotatable bonds is 1. The zero-order valence-corrected chi connectivity index (χ0v) is 8.64. The summed E-state index contributed by atoms with van der Waals surface area (Å²) in [5.41, 5.74) is 9.67. The van der Waals surface area contributed by atoms with Gasteiger partial charge in [-0.25, -0.2) is 0 Å². The quantitative estimate of drug-likeness (QED) is 0.429. The van der Waals surface area contributed by atoms with Crippen LogP contribution in [0.2, 0.25) is 0 Å². The minimum Gasteiger partial charge on any atom is -0.256 e. The van der Waals surface area contributed by atoms with E-state index in [0.717, 1.165) is 15.4 Å². The maximum absolute atomic E-state index is 8.27. The van der Waals surface area contributed by atoms with E-state index in [2.05, 4.69) is 30.9 Å². The van der Waals surface area contributed by atoms with E-state index in [0.29, 0.717) is 5.69 Å². The summed E-state index contributed by atoms with van der Waals surface area (Å²) in [6.07, 6.45) is 1.55. The Morgan fingerprint density at radius 2 is 2.21 bits per heavy atom. The van der Waals surface area contributed by atoms with Crippen LogP contribution in [0, 0.1) is 0 Å². The van der Waals surface area contributed by atoms with Crippen molar-refractivity contribution in [3.8, 4) is 0 Å². The molecule has 0 N–H and O–H groups in total. The van der Waals surface area contributed by atoms with Crippen molar-refractivity contribution in [3.05, 3.63) is 45.4 Å². The van der Waals surface area contributed by atoms with Gasteiger partial charge in [0.25, 0.3) is 0 Å². The van der Waals surface area contributed by atoms with Crippen LogP contribution < -0.4 is 0 Å². The molecule has 0 spiro atoms. The molecule has 0 saturated carbocycles. The first-order chi connectivity index (χ1) is 6.79. The average molecular weight is 249 g/mol. The van der Waals surface area contributed by atoms with E-state index in [1.807, 2.05) is 18.2 Å². The fraction of sp³-hybridized carbons (Fsp3) is 0. The Balaban J connectivity index is 2.69. The largest absolute Gasteiger partial charge is 0.256 e. The Kier molecular flexibility index (Phi) is 2.35. The number of aromatic nitrogens is 1. The molecule has 0 aliphatic heterocycles. The van der Waals surface area contributed by atoms with Crippen LogP contribution >= 0.6 is 15.9 Å². The predicted molar refractivity (Wildman–Crippen MR) is 58.2 cm³/mol. The van der Waals surface area contributed by atoms with Gasteiger partial charge in [-0.1, -0.05) is 21.0 Å². The van der Waals surface area contributed by atoms with Gasteiger partial charge in [-0.15, -0.1) is 0 Å². The van der Waals surface area contributed by atoms with Crippen LogP contribution in [0.4, 0.5) is 5.69 Å². The zero-order valence-electron chi connectivity index (χ0n) is 7.05. The Labute approximate surface area is 88.3 Å².